The minimum atomic E-state index is -2.06. The molecule has 5 rings (SSSR count). The van der Waals surface area contributed by atoms with Gasteiger partial charge in [0.1, 0.15) is 42.7 Å². The molecule has 0 radical (unpaired) electrons. The highest BCUT2D eigenvalue weighted by atomic mass is 16.8. The third-order valence-electron chi connectivity index (χ3n) is 12.6. The average molecular weight is 825 g/mol. The molecule has 0 aromatic carbocycles. The van der Waals surface area contributed by atoms with E-state index in [2.05, 4.69) is 19.9 Å². The van der Waals surface area contributed by atoms with Crippen molar-refractivity contribution in [2.45, 2.75) is 166 Å². The van der Waals surface area contributed by atoms with Crippen LogP contribution in [0.1, 0.15) is 74.1 Å². The average Bonchev–Trinajstić information content (AvgIpc) is 3.50. The molecule has 15 nitrogen and oxygen atoms in total. The molecule has 58 heavy (non-hydrogen) atoms. The number of carbonyl (C=O) groups is 2. The number of rotatable bonds is 12. The Hall–Kier alpha value is -2.12. The Morgan fingerprint density at radius 1 is 0.793 bits per heavy atom. The van der Waals surface area contributed by atoms with Gasteiger partial charge in [0.25, 0.3) is 0 Å². The van der Waals surface area contributed by atoms with Crippen LogP contribution in [-0.2, 0) is 61.7 Å². The summed E-state index contributed by atoms with van der Waals surface area (Å²) < 4.78 is 67.6. The van der Waals surface area contributed by atoms with Crippen LogP contribution in [0.25, 0.3) is 0 Å². The van der Waals surface area contributed by atoms with E-state index in [9.17, 15) is 19.8 Å². The smallest absolute Gasteiger partial charge is 0.309 e. The summed E-state index contributed by atoms with van der Waals surface area (Å²) in [6, 6.07) is 0. The second-order valence-corrected chi connectivity index (χ2v) is 17.3. The van der Waals surface area contributed by atoms with Crippen molar-refractivity contribution in [3.8, 4) is 0 Å². The van der Waals surface area contributed by atoms with E-state index in [0.29, 0.717) is 12.3 Å². The largest absolute Gasteiger partial charge is 0.457 e. The van der Waals surface area contributed by atoms with Crippen molar-refractivity contribution in [1.29, 1.82) is 0 Å². The fourth-order valence-corrected chi connectivity index (χ4v) is 8.67. The van der Waals surface area contributed by atoms with Crippen LogP contribution in [0.5, 0.6) is 0 Å². The zero-order valence-electron chi connectivity index (χ0n) is 36.0. The minimum absolute atomic E-state index is 0.0779. The number of cyclic esters (lactones) is 1. The highest BCUT2D eigenvalue weighted by Gasteiger charge is 2.57. The van der Waals surface area contributed by atoms with Gasteiger partial charge in [-0.3, -0.25) is 9.59 Å². The van der Waals surface area contributed by atoms with E-state index in [1.807, 2.05) is 51.2 Å². The van der Waals surface area contributed by atoms with Crippen LogP contribution < -0.4 is 0 Å². The lowest BCUT2D eigenvalue weighted by atomic mass is 9.77. The first-order valence-electron chi connectivity index (χ1n) is 20.7. The van der Waals surface area contributed by atoms with Crippen molar-refractivity contribution in [2.75, 3.05) is 35.0 Å². The van der Waals surface area contributed by atoms with Crippen molar-refractivity contribution in [1.82, 2.24) is 0 Å². The molecule has 0 amide bonds. The second kappa shape index (κ2) is 20.2. The number of esters is 1. The van der Waals surface area contributed by atoms with Gasteiger partial charge < -0.3 is 62.3 Å². The van der Waals surface area contributed by atoms with Gasteiger partial charge in [0, 0.05) is 58.5 Å². The zero-order valence-corrected chi connectivity index (χ0v) is 36.0. The second-order valence-electron chi connectivity index (χ2n) is 17.3. The van der Waals surface area contributed by atoms with E-state index in [1.165, 1.54) is 28.4 Å². The predicted molar refractivity (Wildman–Crippen MR) is 209 cm³/mol. The van der Waals surface area contributed by atoms with Crippen molar-refractivity contribution in [2.24, 2.45) is 23.2 Å². The lowest BCUT2D eigenvalue weighted by Gasteiger charge is -2.48. The van der Waals surface area contributed by atoms with Crippen LogP contribution in [0.2, 0.25) is 0 Å². The third kappa shape index (κ3) is 10.3. The Balaban J connectivity index is 1.39. The SMILES string of the molecule is COC1COC(OC2CC3CC(=O)C4(O)O[C@H](C[C@H]4C)C(C)(C)[C@@H](/C=C/C=C/C=C/C(C)C)OC(=O)CC(O3)C2C)C(OC)C1OC1OC(C)C(O)C(OC)C1OC. The number of carbonyl (C=O) groups excluding carboxylic acids is 2. The molecule has 2 N–H and O–H groups in total. The Kier molecular flexibility index (Phi) is 16.3. The first kappa shape index (κ1) is 46.9. The molecule has 17 atom stereocenters. The van der Waals surface area contributed by atoms with Crippen LogP contribution in [0, 0.1) is 23.2 Å². The van der Waals surface area contributed by atoms with Gasteiger partial charge in [-0.2, -0.15) is 0 Å². The van der Waals surface area contributed by atoms with Gasteiger partial charge in [0.05, 0.1) is 43.5 Å². The predicted octanol–water partition coefficient (Wildman–Crippen LogP) is 3.81. The van der Waals surface area contributed by atoms with Crippen LogP contribution in [0.4, 0.5) is 0 Å². The van der Waals surface area contributed by atoms with Crippen molar-refractivity contribution in [3.05, 3.63) is 36.5 Å². The molecule has 5 saturated heterocycles. The zero-order chi connectivity index (χ0) is 42.5. The lowest BCUT2D eigenvalue weighted by Crippen LogP contribution is -2.63. The van der Waals surface area contributed by atoms with Crippen molar-refractivity contribution < 1.29 is 71.9 Å². The topological polar surface area (TPSA) is 176 Å². The van der Waals surface area contributed by atoms with E-state index in [0.717, 1.165) is 0 Å². The van der Waals surface area contributed by atoms with Crippen LogP contribution in [0.3, 0.4) is 0 Å². The van der Waals surface area contributed by atoms with E-state index >= 15 is 0 Å². The van der Waals surface area contributed by atoms with Gasteiger partial charge in [0.2, 0.25) is 5.79 Å². The third-order valence-corrected chi connectivity index (χ3v) is 12.6. The summed E-state index contributed by atoms with van der Waals surface area (Å²) in [4.78, 5) is 27.9. The summed E-state index contributed by atoms with van der Waals surface area (Å²) in [6.07, 6.45) is 1.19. The molecule has 0 saturated carbocycles. The number of methoxy groups -OCH3 is 4. The first-order valence-corrected chi connectivity index (χ1v) is 20.7. The number of ether oxygens (including phenoxy) is 11. The van der Waals surface area contributed by atoms with Gasteiger partial charge in [-0.15, -0.1) is 0 Å². The fraction of sp³-hybridized carbons (Fsp3) is 0.814. The Bertz CT molecular complexity index is 1450. The number of ketones is 1. The molecule has 0 spiro atoms. The molecule has 5 aliphatic heterocycles. The summed E-state index contributed by atoms with van der Waals surface area (Å²) in [6.45, 7) is 13.5. The highest BCUT2D eigenvalue weighted by molar-refractivity contribution is 5.86. The Morgan fingerprint density at radius 3 is 2.12 bits per heavy atom. The van der Waals surface area contributed by atoms with Crippen LogP contribution in [-0.4, -0.2) is 149 Å². The standard InChI is InChI=1S/C43H68O15/c1-23(2)16-14-12-13-15-17-32-42(6,7)33-18-24(3)43(47,58-33)31(44)20-27-19-28(25(4)29(54-27)21-34(45)56-32)55-40-38(50-10)36(30(48-8)22-52-40)57-41-39(51-11)37(49-9)35(46)26(5)53-41/h12-17,23-30,32-33,35-41,46-47H,18-22H2,1-11H3/b13-12+,16-14+,17-15+/t24-,25?,26?,27?,28?,29?,30?,32-,33-,35?,36?,37?,38?,39?,40?,41?,43?/m1/s1. The van der Waals surface area contributed by atoms with E-state index in [1.54, 1.807) is 13.8 Å². The lowest BCUT2D eigenvalue weighted by molar-refractivity contribution is -0.358. The maximum absolute atomic E-state index is 14.1. The molecule has 5 aliphatic rings. The number of aliphatic hydroxyl groups is 2. The van der Waals surface area contributed by atoms with Crippen molar-refractivity contribution >= 4 is 11.8 Å². The van der Waals surface area contributed by atoms with Gasteiger partial charge in [-0.25, -0.2) is 0 Å². The van der Waals surface area contributed by atoms with Crippen LogP contribution >= 0.6 is 0 Å². The van der Waals surface area contributed by atoms with Gasteiger partial charge in [-0.05, 0) is 25.3 Å². The van der Waals surface area contributed by atoms with Gasteiger partial charge >= 0.3 is 5.97 Å². The molecule has 5 heterocycles. The number of allylic oxidation sites excluding steroid dienone is 5. The maximum atomic E-state index is 14.1. The summed E-state index contributed by atoms with van der Waals surface area (Å²) in [5, 5.41) is 22.6. The maximum Gasteiger partial charge on any atom is 0.309 e. The highest BCUT2D eigenvalue weighted by Crippen LogP contribution is 2.46. The number of hydrogen-bond donors (Lipinski definition) is 2. The normalized spacial score (nSPS) is 44.1. The number of aliphatic hydroxyl groups excluding tert-OH is 1. The first-order chi connectivity index (χ1) is 27.5. The number of Topliss-reactive ketones (excluding diaryl/α,β-unsaturated/α-hetero) is 1. The van der Waals surface area contributed by atoms with Crippen LogP contribution in [0.15, 0.2) is 36.5 Å². The van der Waals surface area contributed by atoms with E-state index in [-0.39, 0.29) is 31.8 Å². The molecule has 330 valence electrons. The Morgan fingerprint density at radius 2 is 1.47 bits per heavy atom. The molecule has 5 fully saturated rings. The van der Waals surface area contributed by atoms with Crippen molar-refractivity contribution in [3.63, 3.8) is 0 Å². The molecule has 14 unspecified atom stereocenters. The van der Waals surface area contributed by atoms with Gasteiger partial charge in [0.15, 0.2) is 18.4 Å². The summed E-state index contributed by atoms with van der Waals surface area (Å²) in [7, 11) is 6.02. The number of fused-ring (bicyclic) bond motifs is 4. The van der Waals surface area contributed by atoms with E-state index in [4.69, 9.17) is 52.1 Å². The molecular formula is C43H68O15. The summed E-state index contributed by atoms with van der Waals surface area (Å²) in [5.41, 5.74) is -0.811. The monoisotopic (exact) mass is 824 g/mol. The molecular weight excluding hydrogens is 756 g/mol. The van der Waals surface area contributed by atoms with E-state index < -0.39 is 115 Å². The molecule has 4 bridgehead atoms. The fourth-order valence-electron chi connectivity index (χ4n) is 8.67. The summed E-state index contributed by atoms with van der Waals surface area (Å²) >= 11 is 0. The Labute approximate surface area is 343 Å². The quantitative estimate of drug-likeness (QED) is 0.215. The molecule has 0 aromatic rings. The number of hydrogen-bond acceptors (Lipinski definition) is 15. The summed E-state index contributed by atoms with van der Waals surface area (Å²) in [5.74, 6) is -3.54. The molecule has 0 aliphatic carbocycles. The van der Waals surface area contributed by atoms with Gasteiger partial charge in [-0.1, -0.05) is 71.9 Å². The molecule has 0 aromatic heterocycles. The minimum Gasteiger partial charge on any atom is -0.457 e. The molecule has 15 heteroatoms.